The highest BCUT2D eigenvalue weighted by Gasteiger charge is 2.48. The number of epoxide rings is 1. The van der Waals surface area contributed by atoms with Gasteiger partial charge in [0.2, 0.25) is 0 Å². The van der Waals surface area contributed by atoms with Crippen LogP contribution in [-0.2, 0) is 15.9 Å². The monoisotopic (exact) mass is 416 g/mol. The van der Waals surface area contributed by atoms with Gasteiger partial charge in [-0.3, -0.25) is 4.79 Å². The molecular weight excluding hydrogens is 384 g/mol. The molecule has 4 rings (SSSR count). The smallest absolute Gasteiger partial charge is 0.189 e. The van der Waals surface area contributed by atoms with Crippen LogP contribution in [0.3, 0.4) is 0 Å². The average Bonchev–Trinajstić information content (AvgIpc) is 3.41. The fourth-order valence-corrected chi connectivity index (χ4v) is 4.81. The van der Waals surface area contributed by atoms with E-state index in [0.29, 0.717) is 25.9 Å². The number of benzene rings is 1. The van der Waals surface area contributed by atoms with Crippen LogP contribution in [-0.4, -0.2) is 64.3 Å². The van der Waals surface area contributed by atoms with Gasteiger partial charge in [0.1, 0.15) is 6.10 Å². The summed E-state index contributed by atoms with van der Waals surface area (Å²) in [4.78, 5) is 12.7. The number of hydrogen-bond acceptors (Lipinski definition) is 6. The first-order valence-electron chi connectivity index (χ1n) is 10.9. The van der Waals surface area contributed by atoms with Crippen LogP contribution in [0.25, 0.3) is 0 Å². The minimum absolute atomic E-state index is 0.00550. The van der Waals surface area contributed by atoms with Gasteiger partial charge in [-0.05, 0) is 32.3 Å². The normalized spacial score (nSPS) is 36.9. The number of aliphatic hydroxyl groups excluding tert-OH is 3. The molecule has 0 saturated carbocycles. The summed E-state index contributed by atoms with van der Waals surface area (Å²) in [6.45, 7) is 5.96. The number of ether oxygens (including phenoxy) is 2. The molecule has 3 N–H and O–H groups in total. The van der Waals surface area contributed by atoms with Crippen molar-refractivity contribution in [3.05, 3.63) is 46.5 Å². The number of aliphatic hydroxyl groups is 3. The molecule has 0 spiro atoms. The predicted molar refractivity (Wildman–Crippen MR) is 111 cm³/mol. The Morgan fingerprint density at radius 1 is 1.17 bits per heavy atom. The fraction of sp³-hybridized carbons (Fsp3) is 0.625. The van der Waals surface area contributed by atoms with Crippen LogP contribution >= 0.6 is 0 Å². The molecule has 0 amide bonds. The summed E-state index contributed by atoms with van der Waals surface area (Å²) in [6, 6.07) is 7.63. The summed E-state index contributed by atoms with van der Waals surface area (Å²) in [5.74, 6) is -0.120. The molecule has 1 aromatic rings. The minimum atomic E-state index is -1.01. The lowest BCUT2D eigenvalue weighted by Crippen LogP contribution is -2.50. The number of carbonyl (C=O) groups excluding carboxylic acids is 1. The van der Waals surface area contributed by atoms with Crippen LogP contribution in [0.5, 0.6) is 0 Å². The van der Waals surface area contributed by atoms with E-state index in [1.54, 1.807) is 6.92 Å². The maximum absolute atomic E-state index is 12.7. The van der Waals surface area contributed by atoms with Gasteiger partial charge in [-0.15, -0.1) is 0 Å². The Hall–Kier alpha value is -1.57. The van der Waals surface area contributed by atoms with Crippen molar-refractivity contribution in [2.75, 3.05) is 6.61 Å². The third-order valence-electron chi connectivity index (χ3n) is 7.10. The predicted octanol–water partition coefficient (Wildman–Crippen LogP) is 2.04. The van der Waals surface area contributed by atoms with Gasteiger partial charge in [0.05, 0.1) is 37.1 Å². The van der Waals surface area contributed by atoms with Crippen LogP contribution in [0.1, 0.15) is 49.5 Å². The van der Waals surface area contributed by atoms with Crippen LogP contribution in [0.2, 0.25) is 0 Å². The second-order valence-corrected chi connectivity index (χ2v) is 9.21. The number of Topliss-reactive ketones (excluding diaryl/α,β-unsaturated/α-hetero) is 1. The molecule has 0 unspecified atom stereocenters. The molecule has 8 atom stereocenters. The highest BCUT2D eigenvalue weighted by Crippen LogP contribution is 2.39. The molecule has 0 aromatic heterocycles. The van der Waals surface area contributed by atoms with Crippen molar-refractivity contribution in [2.24, 2.45) is 11.8 Å². The lowest BCUT2D eigenvalue weighted by atomic mass is 9.85. The largest absolute Gasteiger partial charge is 0.393 e. The zero-order valence-electron chi connectivity index (χ0n) is 17.8. The molecule has 30 heavy (non-hydrogen) atoms. The maximum atomic E-state index is 12.7. The number of carbonyl (C=O) groups is 1. The van der Waals surface area contributed by atoms with Crippen molar-refractivity contribution in [1.82, 2.24) is 0 Å². The molecule has 1 aliphatic carbocycles. The number of fused-ring (bicyclic) bond motifs is 1. The number of hydrogen-bond donors (Lipinski definition) is 3. The number of rotatable bonds is 6. The third kappa shape index (κ3) is 4.12. The number of allylic oxidation sites excluding steroid dienone is 1. The molecule has 6 nitrogen and oxygen atoms in total. The first-order valence-corrected chi connectivity index (χ1v) is 10.9. The zero-order chi connectivity index (χ0) is 21.6. The highest BCUT2D eigenvalue weighted by molar-refractivity contribution is 6.13. The van der Waals surface area contributed by atoms with E-state index in [2.05, 4.69) is 0 Å². The Balaban J connectivity index is 1.35. The molecule has 3 aliphatic rings. The van der Waals surface area contributed by atoms with Crippen molar-refractivity contribution < 1.29 is 29.6 Å². The third-order valence-corrected chi connectivity index (χ3v) is 7.10. The zero-order valence-corrected chi connectivity index (χ0v) is 17.8. The SMILES string of the molecule is C/C(C[C@@H]1OC[C@H](C[C@@H]2O[C@H]2[C@@H](C)[C@H](C)O)[C@@H](O)[C@H]1O)=C1/Cc2ccccc2C1=O. The average molecular weight is 417 g/mol. The Labute approximate surface area is 177 Å². The van der Waals surface area contributed by atoms with Gasteiger partial charge < -0.3 is 24.8 Å². The Morgan fingerprint density at radius 3 is 2.60 bits per heavy atom. The molecule has 1 aromatic carbocycles. The van der Waals surface area contributed by atoms with Crippen LogP contribution in [0.4, 0.5) is 0 Å². The summed E-state index contributed by atoms with van der Waals surface area (Å²) in [6.07, 6.45) is -1.28. The van der Waals surface area contributed by atoms with Crippen molar-refractivity contribution in [3.63, 3.8) is 0 Å². The van der Waals surface area contributed by atoms with Gasteiger partial charge in [-0.2, -0.15) is 0 Å². The van der Waals surface area contributed by atoms with E-state index in [9.17, 15) is 20.1 Å². The fourth-order valence-electron chi connectivity index (χ4n) is 4.81. The van der Waals surface area contributed by atoms with Gasteiger partial charge >= 0.3 is 0 Å². The van der Waals surface area contributed by atoms with Crippen molar-refractivity contribution >= 4 is 5.78 Å². The van der Waals surface area contributed by atoms with Crippen molar-refractivity contribution in [1.29, 1.82) is 0 Å². The van der Waals surface area contributed by atoms with E-state index in [1.807, 2.05) is 38.1 Å². The van der Waals surface area contributed by atoms with E-state index in [4.69, 9.17) is 9.47 Å². The molecule has 0 radical (unpaired) electrons. The van der Waals surface area contributed by atoms with Gasteiger partial charge in [0.15, 0.2) is 5.78 Å². The minimum Gasteiger partial charge on any atom is -0.393 e. The van der Waals surface area contributed by atoms with Gasteiger partial charge in [-0.1, -0.05) is 36.8 Å². The van der Waals surface area contributed by atoms with E-state index in [1.165, 1.54) is 0 Å². The summed E-state index contributed by atoms with van der Waals surface area (Å²) >= 11 is 0. The van der Waals surface area contributed by atoms with Gasteiger partial charge in [0.25, 0.3) is 0 Å². The van der Waals surface area contributed by atoms with E-state index < -0.39 is 24.4 Å². The summed E-state index contributed by atoms with van der Waals surface area (Å²) < 4.78 is 11.6. The molecule has 2 heterocycles. The quantitative estimate of drug-likeness (QED) is 0.485. The summed E-state index contributed by atoms with van der Waals surface area (Å²) in [7, 11) is 0. The Bertz CT molecular complexity index is 831. The second-order valence-electron chi connectivity index (χ2n) is 9.21. The van der Waals surface area contributed by atoms with E-state index >= 15 is 0 Å². The second kappa shape index (κ2) is 8.52. The highest BCUT2D eigenvalue weighted by atomic mass is 16.6. The van der Waals surface area contributed by atoms with Crippen LogP contribution < -0.4 is 0 Å². The lowest BCUT2D eigenvalue weighted by molar-refractivity contribution is -0.165. The molecule has 2 fully saturated rings. The standard InChI is InChI=1S/C24H32O6/c1-12(18-9-15-6-4-5-7-17(15)22(18)27)8-19-23(28)21(26)16(11-29-19)10-20-24(30-20)13(2)14(3)25/h4-7,13-14,16,19-21,23-26,28H,8-11H2,1-3H3/b18-12+/t13-,14-,16-,19-,20-,21+,23-,24-/m0/s1. The van der Waals surface area contributed by atoms with Gasteiger partial charge in [-0.25, -0.2) is 0 Å². The van der Waals surface area contributed by atoms with Crippen LogP contribution in [0.15, 0.2) is 35.4 Å². The summed E-state index contributed by atoms with van der Waals surface area (Å²) in [5.41, 5.74) is 3.46. The molecule has 6 heteroatoms. The van der Waals surface area contributed by atoms with Gasteiger partial charge in [0, 0.05) is 29.4 Å². The molecule has 0 bridgehead atoms. The Kier molecular flexibility index (Phi) is 6.15. The summed E-state index contributed by atoms with van der Waals surface area (Å²) in [5, 5.41) is 31.1. The van der Waals surface area contributed by atoms with Crippen molar-refractivity contribution in [2.45, 2.75) is 76.7 Å². The Morgan fingerprint density at radius 2 is 1.90 bits per heavy atom. The van der Waals surface area contributed by atoms with Crippen LogP contribution in [0, 0.1) is 11.8 Å². The first-order chi connectivity index (χ1) is 14.3. The lowest BCUT2D eigenvalue weighted by Gasteiger charge is -2.38. The molecule has 2 saturated heterocycles. The van der Waals surface area contributed by atoms with E-state index in [-0.39, 0.29) is 29.8 Å². The topological polar surface area (TPSA) is 99.5 Å². The number of ketones is 1. The molecular formula is C24H32O6. The maximum Gasteiger partial charge on any atom is 0.189 e. The van der Waals surface area contributed by atoms with E-state index in [0.717, 1.165) is 22.3 Å². The first kappa shape index (κ1) is 21.7. The molecule has 164 valence electrons. The van der Waals surface area contributed by atoms with Crippen molar-refractivity contribution in [3.8, 4) is 0 Å². The molecule has 2 aliphatic heterocycles.